The standard InChI is InChI=1S/C6H4ClN3O2/c7-4-2-1-3-5(9-8)6(4)10(11)12/h1-3,8H. The first kappa shape index (κ1) is 8.61. The van der Waals surface area contributed by atoms with Crippen LogP contribution in [0.25, 0.3) is 0 Å². The predicted octanol–water partition coefficient (Wildman–Crippen LogP) is 2.91. The highest BCUT2D eigenvalue weighted by molar-refractivity contribution is 6.33. The number of rotatable bonds is 2. The van der Waals surface area contributed by atoms with Crippen LogP contribution in [-0.2, 0) is 0 Å². The van der Waals surface area contributed by atoms with Crippen LogP contribution in [0.4, 0.5) is 11.4 Å². The molecule has 1 rings (SSSR count). The number of benzene rings is 1. The fourth-order valence-electron chi connectivity index (χ4n) is 0.775. The van der Waals surface area contributed by atoms with Crippen LogP contribution in [0.15, 0.2) is 23.3 Å². The van der Waals surface area contributed by atoms with Gasteiger partial charge in [-0.25, -0.2) is 5.53 Å². The predicted molar refractivity (Wildman–Crippen MR) is 42.9 cm³/mol. The summed E-state index contributed by atoms with van der Waals surface area (Å²) in [7, 11) is 0. The van der Waals surface area contributed by atoms with Crippen molar-refractivity contribution in [1.82, 2.24) is 0 Å². The molecule has 0 aliphatic heterocycles. The van der Waals surface area contributed by atoms with Crippen molar-refractivity contribution in [2.24, 2.45) is 5.11 Å². The minimum atomic E-state index is -0.657. The van der Waals surface area contributed by atoms with Crippen molar-refractivity contribution in [2.45, 2.75) is 0 Å². The van der Waals surface area contributed by atoms with Gasteiger partial charge < -0.3 is 0 Å². The van der Waals surface area contributed by atoms with E-state index in [1.165, 1.54) is 18.2 Å². The number of nitro benzene ring substituents is 1. The Balaban J connectivity index is 3.39. The number of nitrogens with zero attached hydrogens (tertiary/aromatic N) is 2. The second kappa shape index (κ2) is 3.27. The van der Waals surface area contributed by atoms with Crippen molar-refractivity contribution in [3.05, 3.63) is 33.3 Å². The van der Waals surface area contributed by atoms with Crippen molar-refractivity contribution in [2.75, 3.05) is 0 Å². The van der Waals surface area contributed by atoms with Gasteiger partial charge in [0.05, 0.1) is 4.92 Å². The molecule has 0 atom stereocenters. The number of halogens is 1. The molecule has 0 unspecified atom stereocenters. The number of hydrogen-bond acceptors (Lipinski definition) is 4. The first-order valence-electron chi connectivity index (χ1n) is 2.97. The van der Waals surface area contributed by atoms with Crippen molar-refractivity contribution in [3.8, 4) is 0 Å². The van der Waals surface area contributed by atoms with Gasteiger partial charge in [-0.15, -0.1) is 0 Å². The maximum atomic E-state index is 10.4. The van der Waals surface area contributed by atoms with Gasteiger partial charge >= 0.3 is 5.69 Å². The molecule has 0 aromatic heterocycles. The minimum absolute atomic E-state index is 0.00602. The summed E-state index contributed by atoms with van der Waals surface area (Å²) in [5, 5.41) is 13.3. The van der Waals surface area contributed by atoms with Crippen LogP contribution in [0.2, 0.25) is 5.02 Å². The largest absolute Gasteiger partial charge is 0.315 e. The second-order valence-corrected chi connectivity index (χ2v) is 2.38. The minimum Gasteiger partial charge on any atom is -0.258 e. The molecule has 0 bridgehead atoms. The van der Waals surface area contributed by atoms with Crippen LogP contribution in [-0.4, -0.2) is 4.92 Å². The zero-order chi connectivity index (χ0) is 9.14. The summed E-state index contributed by atoms with van der Waals surface area (Å²) < 4.78 is 0. The Kier molecular flexibility index (Phi) is 2.35. The monoisotopic (exact) mass is 185 g/mol. The molecule has 1 aromatic carbocycles. The van der Waals surface area contributed by atoms with Gasteiger partial charge in [0.25, 0.3) is 0 Å². The number of para-hydroxylation sites is 1. The molecule has 0 spiro atoms. The van der Waals surface area contributed by atoms with Crippen molar-refractivity contribution >= 4 is 23.0 Å². The van der Waals surface area contributed by atoms with E-state index in [2.05, 4.69) is 5.11 Å². The van der Waals surface area contributed by atoms with Crippen LogP contribution < -0.4 is 0 Å². The summed E-state index contributed by atoms with van der Waals surface area (Å²) in [4.78, 5) is 9.72. The lowest BCUT2D eigenvalue weighted by molar-refractivity contribution is -0.383. The summed E-state index contributed by atoms with van der Waals surface area (Å²) in [6.07, 6.45) is 0. The van der Waals surface area contributed by atoms with Crippen LogP contribution >= 0.6 is 11.6 Å². The maximum absolute atomic E-state index is 10.4. The SMILES string of the molecule is N=Nc1cccc(Cl)c1[N+](=O)[O-]. The van der Waals surface area contributed by atoms with Gasteiger partial charge in [0.15, 0.2) is 5.69 Å². The van der Waals surface area contributed by atoms with E-state index in [-0.39, 0.29) is 16.4 Å². The summed E-state index contributed by atoms with van der Waals surface area (Å²) in [5.41, 5.74) is 6.28. The van der Waals surface area contributed by atoms with E-state index >= 15 is 0 Å². The second-order valence-electron chi connectivity index (χ2n) is 1.98. The third-order valence-corrected chi connectivity index (χ3v) is 1.57. The molecule has 0 fully saturated rings. The first-order chi connectivity index (χ1) is 5.66. The normalized spacial score (nSPS) is 9.42. The zero-order valence-corrected chi connectivity index (χ0v) is 6.58. The van der Waals surface area contributed by atoms with E-state index < -0.39 is 4.92 Å². The summed E-state index contributed by atoms with van der Waals surface area (Å²) >= 11 is 5.52. The molecule has 0 aliphatic rings. The fraction of sp³-hybridized carbons (Fsp3) is 0. The molecule has 0 radical (unpaired) electrons. The lowest BCUT2D eigenvalue weighted by Gasteiger charge is -1.96. The van der Waals surface area contributed by atoms with Gasteiger partial charge in [-0.3, -0.25) is 10.1 Å². The molecule has 0 saturated heterocycles. The van der Waals surface area contributed by atoms with E-state index in [0.717, 1.165) is 0 Å². The molecule has 5 nitrogen and oxygen atoms in total. The lowest BCUT2D eigenvalue weighted by atomic mass is 10.3. The Morgan fingerprint density at radius 1 is 1.58 bits per heavy atom. The summed E-state index contributed by atoms with van der Waals surface area (Å²) in [6, 6.07) is 4.24. The van der Waals surface area contributed by atoms with Crippen molar-refractivity contribution in [3.63, 3.8) is 0 Å². The molecule has 6 heteroatoms. The molecule has 1 aromatic rings. The third kappa shape index (κ3) is 1.40. The van der Waals surface area contributed by atoms with E-state index in [1.807, 2.05) is 0 Å². The molecule has 0 heterocycles. The molecular formula is C6H4ClN3O2. The van der Waals surface area contributed by atoms with Gasteiger partial charge in [-0.1, -0.05) is 17.7 Å². The van der Waals surface area contributed by atoms with E-state index in [9.17, 15) is 10.1 Å². The Labute approximate surface area is 72.6 Å². The molecule has 0 aliphatic carbocycles. The van der Waals surface area contributed by atoms with Crippen LogP contribution in [0.5, 0.6) is 0 Å². The molecule has 12 heavy (non-hydrogen) atoms. The highest BCUT2D eigenvalue weighted by Crippen LogP contribution is 2.33. The smallest absolute Gasteiger partial charge is 0.258 e. The Hall–Kier alpha value is -1.49. The average molecular weight is 186 g/mol. The zero-order valence-electron chi connectivity index (χ0n) is 5.82. The van der Waals surface area contributed by atoms with Crippen LogP contribution in [0.1, 0.15) is 0 Å². The highest BCUT2D eigenvalue weighted by atomic mass is 35.5. The Bertz CT molecular complexity index is 340. The van der Waals surface area contributed by atoms with E-state index in [1.54, 1.807) is 0 Å². The number of nitro groups is 1. The Morgan fingerprint density at radius 2 is 2.25 bits per heavy atom. The number of nitrogens with one attached hydrogen (secondary N) is 1. The first-order valence-corrected chi connectivity index (χ1v) is 3.35. The molecule has 0 saturated carbocycles. The number of hydrogen-bond donors (Lipinski definition) is 1. The van der Waals surface area contributed by atoms with Crippen molar-refractivity contribution in [1.29, 1.82) is 5.53 Å². The quantitative estimate of drug-likeness (QED) is 0.437. The highest BCUT2D eigenvalue weighted by Gasteiger charge is 2.17. The summed E-state index contributed by atoms with van der Waals surface area (Å²) in [5.74, 6) is 0. The van der Waals surface area contributed by atoms with Gasteiger partial charge in [0.1, 0.15) is 5.02 Å². The molecule has 62 valence electrons. The average Bonchev–Trinajstić information content (AvgIpc) is 2.03. The van der Waals surface area contributed by atoms with Crippen molar-refractivity contribution < 1.29 is 4.92 Å². The maximum Gasteiger partial charge on any atom is 0.315 e. The van der Waals surface area contributed by atoms with E-state index in [4.69, 9.17) is 17.1 Å². The Morgan fingerprint density at radius 3 is 2.67 bits per heavy atom. The lowest BCUT2D eigenvalue weighted by Crippen LogP contribution is -1.88. The topological polar surface area (TPSA) is 79.3 Å². The molecule has 0 amide bonds. The van der Waals surface area contributed by atoms with Gasteiger partial charge in [0.2, 0.25) is 0 Å². The third-order valence-electron chi connectivity index (χ3n) is 1.27. The van der Waals surface area contributed by atoms with Gasteiger partial charge in [-0.05, 0) is 12.1 Å². The van der Waals surface area contributed by atoms with Gasteiger partial charge in [-0.2, -0.15) is 5.11 Å². The van der Waals surface area contributed by atoms with Crippen LogP contribution in [0, 0.1) is 15.6 Å². The molecule has 1 N–H and O–H groups in total. The fourth-order valence-corrected chi connectivity index (χ4v) is 1.01. The molecular weight excluding hydrogens is 182 g/mol. The summed E-state index contributed by atoms with van der Waals surface area (Å²) in [6.45, 7) is 0. The van der Waals surface area contributed by atoms with Gasteiger partial charge in [0, 0.05) is 0 Å². The van der Waals surface area contributed by atoms with Crippen LogP contribution in [0.3, 0.4) is 0 Å². The van der Waals surface area contributed by atoms with E-state index in [0.29, 0.717) is 0 Å².